The number of carbonyl (C=O) groups excluding carboxylic acids is 1. The molecule has 1 atom stereocenters. The third kappa shape index (κ3) is 7.34. The Hall–Kier alpha value is -2.04. The summed E-state index contributed by atoms with van der Waals surface area (Å²) in [5.41, 5.74) is 2.37. The van der Waals surface area contributed by atoms with Gasteiger partial charge in [-0.1, -0.05) is 43.2 Å². The molecule has 3 N–H and O–H groups in total. The highest BCUT2D eigenvalue weighted by Crippen LogP contribution is 2.04. The summed E-state index contributed by atoms with van der Waals surface area (Å²) in [5.74, 6) is -0.895. The van der Waals surface area contributed by atoms with Crippen LogP contribution in [0.25, 0.3) is 0 Å². The van der Waals surface area contributed by atoms with Gasteiger partial charge in [-0.3, -0.25) is 4.79 Å². The Bertz CT molecular complexity index is 474. The van der Waals surface area contributed by atoms with Crippen molar-refractivity contribution in [2.75, 3.05) is 6.54 Å². The summed E-state index contributed by atoms with van der Waals surface area (Å²) in [7, 11) is 0. The van der Waals surface area contributed by atoms with Gasteiger partial charge in [0.15, 0.2) is 0 Å². The first kappa shape index (κ1) is 17.0. The fourth-order valence-corrected chi connectivity index (χ4v) is 2.21. The lowest BCUT2D eigenvalue weighted by molar-refractivity contribution is -0.137. The van der Waals surface area contributed by atoms with Crippen LogP contribution in [0.5, 0.6) is 0 Å². The van der Waals surface area contributed by atoms with Crippen LogP contribution in [0.1, 0.15) is 37.3 Å². The van der Waals surface area contributed by atoms with Gasteiger partial charge in [0, 0.05) is 12.6 Å². The number of rotatable bonds is 8. The van der Waals surface area contributed by atoms with E-state index in [-0.39, 0.29) is 18.5 Å². The highest BCUT2D eigenvalue weighted by Gasteiger charge is 2.14. The molecular formula is C16H24N2O3. The molecule has 0 fully saturated rings. The van der Waals surface area contributed by atoms with Gasteiger partial charge in [0.25, 0.3) is 0 Å². The van der Waals surface area contributed by atoms with Gasteiger partial charge in [0.1, 0.15) is 0 Å². The van der Waals surface area contributed by atoms with Gasteiger partial charge in [0.05, 0.1) is 6.42 Å². The molecule has 1 rings (SSSR count). The monoisotopic (exact) mass is 292 g/mol. The van der Waals surface area contributed by atoms with Crippen molar-refractivity contribution < 1.29 is 14.7 Å². The smallest absolute Gasteiger partial charge is 0.315 e. The first-order valence-electron chi connectivity index (χ1n) is 7.33. The topological polar surface area (TPSA) is 78.4 Å². The van der Waals surface area contributed by atoms with Gasteiger partial charge >= 0.3 is 12.0 Å². The maximum Gasteiger partial charge on any atom is 0.315 e. The van der Waals surface area contributed by atoms with E-state index in [1.807, 2.05) is 32.0 Å². The normalized spacial score (nSPS) is 11.7. The molecule has 0 heterocycles. The summed E-state index contributed by atoms with van der Waals surface area (Å²) in [6.45, 7) is 4.53. The summed E-state index contributed by atoms with van der Waals surface area (Å²) in [6.07, 6.45) is 2.21. The zero-order valence-electron chi connectivity index (χ0n) is 12.7. The zero-order valence-corrected chi connectivity index (χ0v) is 12.7. The van der Waals surface area contributed by atoms with Gasteiger partial charge < -0.3 is 15.7 Å². The maximum absolute atomic E-state index is 11.8. The molecule has 0 aliphatic rings. The summed E-state index contributed by atoms with van der Waals surface area (Å²) >= 11 is 0. The number of aryl methyl sites for hydroxylation is 1. The summed E-state index contributed by atoms with van der Waals surface area (Å²) < 4.78 is 0. The number of aliphatic carboxylic acids is 1. The minimum absolute atomic E-state index is 0.0425. The number of carbonyl (C=O) groups is 2. The van der Waals surface area contributed by atoms with E-state index in [1.54, 1.807) is 0 Å². The standard InChI is InChI=1S/C16H24N2O3/c1-3-5-14(11-15(19)20)18-16(21)17-9-8-13-7-4-6-12(2)10-13/h4,6-7,10,14H,3,5,8-9,11H2,1-2H3,(H,19,20)(H2,17,18,21). The van der Waals surface area contributed by atoms with E-state index >= 15 is 0 Å². The second kappa shape index (κ2) is 9.00. The number of hydrogen-bond donors (Lipinski definition) is 3. The first-order valence-corrected chi connectivity index (χ1v) is 7.33. The highest BCUT2D eigenvalue weighted by molar-refractivity contribution is 5.75. The Balaban J connectivity index is 2.33. The predicted octanol–water partition coefficient (Wildman–Crippen LogP) is 2.48. The molecule has 0 saturated carbocycles. The summed E-state index contributed by atoms with van der Waals surface area (Å²) in [5, 5.41) is 14.3. The molecule has 0 aliphatic heterocycles. The van der Waals surface area contributed by atoms with E-state index in [1.165, 1.54) is 11.1 Å². The van der Waals surface area contributed by atoms with Gasteiger partial charge in [-0.25, -0.2) is 4.79 Å². The maximum atomic E-state index is 11.8. The Morgan fingerprint density at radius 2 is 2.10 bits per heavy atom. The summed E-state index contributed by atoms with van der Waals surface area (Å²) in [4.78, 5) is 22.5. The predicted molar refractivity (Wildman–Crippen MR) is 82.4 cm³/mol. The Morgan fingerprint density at radius 1 is 1.33 bits per heavy atom. The van der Waals surface area contributed by atoms with Crippen LogP contribution in [0.15, 0.2) is 24.3 Å². The van der Waals surface area contributed by atoms with Crippen molar-refractivity contribution in [2.45, 2.75) is 45.6 Å². The van der Waals surface area contributed by atoms with Crippen LogP contribution >= 0.6 is 0 Å². The molecule has 0 aliphatic carbocycles. The largest absolute Gasteiger partial charge is 0.481 e. The van der Waals surface area contributed by atoms with Crippen molar-refractivity contribution in [3.05, 3.63) is 35.4 Å². The van der Waals surface area contributed by atoms with Crippen molar-refractivity contribution >= 4 is 12.0 Å². The molecule has 1 aromatic rings. The van der Waals surface area contributed by atoms with Crippen molar-refractivity contribution in [3.8, 4) is 0 Å². The van der Waals surface area contributed by atoms with Crippen molar-refractivity contribution in [3.63, 3.8) is 0 Å². The molecule has 0 radical (unpaired) electrons. The molecular weight excluding hydrogens is 268 g/mol. The Morgan fingerprint density at radius 3 is 2.71 bits per heavy atom. The number of carboxylic acid groups (broad SMARTS) is 1. The van der Waals surface area contributed by atoms with Gasteiger partial charge in [0.2, 0.25) is 0 Å². The van der Waals surface area contributed by atoms with E-state index in [0.29, 0.717) is 13.0 Å². The third-order valence-electron chi connectivity index (χ3n) is 3.18. The molecule has 116 valence electrons. The SMILES string of the molecule is CCCC(CC(=O)O)NC(=O)NCCc1cccc(C)c1. The second-order valence-corrected chi connectivity index (χ2v) is 5.22. The van der Waals surface area contributed by atoms with Gasteiger partial charge in [-0.15, -0.1) is 0 Å². The Labute approximate surface area is 125 Å². The fraction of sp³-hybridized carbons (Fsp3) is 0.500. The van der Waals surface area contributed by atoms with Crippen molar-refractivity contribution in [1.82, 2.24) is 10.6 Å². The quantitative estimate of drug-likeness (QED) is 0.688. The molecule has 2 amide bonds. The highest BCUT2D eigenvalue weighted by atomic mass is 16.4. The van der Waals surface area contributed by atoms with E-state index in [0.717, 1.165) is 12.8 Å². The molecule has 5 nitrogen and oxygen atoms in total. The lowest BCUT2D eigenvalue weighted by Crippen LogP contribution is -2.43. The van der Waals surface area contributed by atoms with E-state index in [4.69, 9.17) is 5.11 Å². The number of carboxylic acids is 1. The van der Waals surface area contributed by atoms with E-state index in [2.05, 4.69) is 16.7 Å². The van der Waals surface area contributed by atoms with Crippen molar-refractivity contribution in [2.24, 2.45) is 0 Å². The number of urea groups is 1. The van der Waals surface area contributed by atoms with Crippen LogP contribution in [0, 0.1) is 6.92 Å². The minimum Gasteiger partial charge on any atom is -0.481 e. The van der Waals surface area contributed by atoms with E-state index < -0.39 is 5.97 Å². The van der Waals surface area contributed by atoms with Crippen LogP contribution in [0.4, 0.5) is 4.79 Å². The molecule has 0 saturated heterocycles. The van der Waals surface area contributed by atoms with Crippen molar-refractivity contribution in [1.29, 1.82) is 0 Å². The second-order valence-electron chi connectivity index (χ2n) is 5.22. The molecule has 21 heavy (non-hydrogen) atoms. The molecule has 1 unspecified atom stereocenters. The fourth-order valence-electron chi connectivity index (χ4n) is 2.21. The number of benzene rings is 1. The number of hydrogen-bond acceptors (Lipinski definition) is 2. The number of nitrogens with one attached hydrogen (secondary N) is 2. The van der Waals surface area contributed by atoms with Crippen LogP contribution < -0.4 is 10.6 Å². The average Bonchev–Trinajstić information content (AvgIpc) is 2.38. The van der Waals surface area contributed by atoms with Crippen LogP contribution in [0.2, 0.25) is 0 Å². The average molecular weight is 292 g/mol. The minimum atomic E-state index is -0.895. The first-order chi connectivity index (χ1) is 10.0. The van der Waals surface area contributed by atoms with Crippen LogP contribution in [-0.2, 0) is 11.2 Å². The third-order valence-corrected chi connectivity index (χ3v) is 3.18. The lowest BCUT2D eigenvalue weighted by Gasteiger charge is -2.16. The van der Waals surface area contributed by atoms with Gasteiger partial charge in [-0.05, 0) is 25.3 Å². The Kier molecular flexibility index (Phi) is 7.29. The molecule has 5 heteroatoms. The molecule has 0 aromatic heterocycles. The van der Waals surface area contributed by atoms with E-state index in [9.17, 15) is 9.59 Å². The molecule has 0 spiro atoms. The van der Waals surface area contributed by atoms with Crippen LogP contribution in [-0.4, -0.2) is 29.7 Å². The molecule has 0 bridgehead atoms. The summed E-state index contributed by atoms with van der Waals surface area (Å²) in [6, 6.07) is 7.52. The van der Waals surface area contributed by atoms with Crippen LogP contribution in [0.3, 0.4) is 0 Å². The van der Waals surface area contributed by atoms with Gasteiger partial charge in [-0.2, -0.15) is 0 Å². The molecule has 1 aromatic carbocycles. The zero-order chi connectivity index (χ0) is 15.7. The number of amides is 2. The lowest BCUT2D eigenvalue weighted by atomic mass is 10.1.